The van der Waals surface area contributed by atoms with Crippen LogP contribution in [0.2, 0.25) is 0 Å². The number of hydrogen-bond donors (Lipinski definition) is 2. The highest BCUT2D eigenvalue weighted by atomic mass is 16.5. The zero-order valence-electron chi connectivity index (χ0n) is 17.3. The van der Waals surface area contributed by atoms with Crippen molar-refractivity contribution in [1.82, 2.24) is 0 Å². The van der Waals surface area contributed by atoms with E-state index in [2.05, 4.69) is 6.92 Å². The van der Waals surface area contributed by atoms with Gasteiger partial charge >= 0.3 is 5.97 Å². The molecule has 154 valence electrons. The van der Waals surface area contributed by atoms with Crippen molar-refractivity contribution < 1.29 is 19.7 Å². The van der Waals surface area contributed by atoms with E-state index >= 15 is 0 Å². The maximum atomic E-state index is 11.6. The van der Waals surface area contributed by atoms with Crippen molar-refractivity contribution in [1.29, 1.82) is 0 Å². The summed E-state index contributed by atoms with van der Waals surface area (Å²) >= 11 is 0. The first-order valence-electron chi connectivity index (χ1n) is 11.3. The largest absolute Gasteiger partial charge is 0.465 e. The van der Waals surface area contributed by atoms with Crippen LogP contribution in [0, 0.1) is 40.4 Å². The van der Waals surface area contributed by atoms with Crippen molar-refractivity contribution >= 4 is 5.97 Å². The summed E-state index contributed by atoms with van der Waals surface area (Å²) in [6, 6.07) is 0. The summed E-state index contributed by atoms with van der Waals surface area (Å²) in [7, 11) is 0. The lowest BCUT2D eigenvalue weighted by Gasteiger charge is -2.61. The second-order valence-electron chi connectivity index (χ2n) is 10.6. The van der Waals surface area contributed by atoms with Gasteiger partial charge in [0.2, 0.25) is 0 Å². The molecule has 0 bridgehead atoms. The predicted octanol–water partition coefficient (Wildman–Crippen LogP) is 3.93. The first-order valence-corrected chi connectivity index (χ1v) is 11.3. The van der Waals surface area contributed by atoms with Gasteiger partial charge < -0.3 is 14.9 Å². The Labute approximate surface area is 164 Å². The maximum Gasteiger partial charge on any atom is 0.302 e. The van der Waals surface area contributed by atoms with Crippen LogP contribution in [-0.4, -0.2) is 35.0 Å². The highest BCUT2D eigenvalue weighted by Crippen LogP contribution is 2.67. The van der Waals surface area contributed by atoms with Gasteiger partial charge in [-0.2, -0.15) is 0 Å². The Morgan fingerprint density at radius 3 is 2.59 bits per heavy atom. The fraction of sp³-hybridized carbons (Fsp3) is 0.957. The number of carbonyl (C=O) groups is 1. The normalized spacial score (nSPS) is 50.3. The molecule has 4 nitrogen and oxygen atoms in total. The number of ether oxygens (including phenoxy) is 1. The summed E-state index contributed by atoms with van der Waals surface area (Å²) in [6.07, 6.45) is 9.63. The van der Waals surface area contributed by atoms with Gasteiger partial charge in [0.25, 0.3) is 0 Å². The zero-order valence-corrected chi connectivity index (χ0v) is 17.3. The fourth-order valence-corrected chi connectivity index (χ4v) is 8.33. The van der Waals surface area contributed by atoms with Crippen LogP contribution >= 0.6 is 0 Å². The monoisotopic (exact) mass is 378 g/mol. The van der Waals surface area contributed by atoms with Crippen LogP contribution in [0.5, 0.6) is 0 Å². The molecule has 0 spiro atoms. The number of aliphatic hydroxyl groups is 2. The summed E-state index contributed by atoms with van der Waals surface area (Å²) in [5, 5.41) is 20.7. The molecule has 4 rings (SSSR count). The van der Waals surface area contributed by atoms with Gasteiger partial charge in [-0.3, -0.25) is 4.79 Å². The highest BCUT2D eigenvalue weighted by molar-refractivity contribution is 5.65. The lowest BCUT2D eigenvalue weighted by molar-refractivity contribution is -0.166. The van der Waals surface area contributed by atoms with Crippen LogP contribution in [0.1, 0.15) is 78.6 Å². The van der Waals surface area contributed by atoms with Crippen molar-refractivity contribution in [3.05, 3.63) is 0 Å². The van der Waals surface area contributed by atoms with E-state index in [-0.39, 0.29) is 29.5 Å². The van der Waals surface area contributed by atoms with Gasteiger partial charge in [0.05, 0.1) is 18.8 Å². The van der Waals surface area contributed by atoms with E-state index in [1.165, 1.54) is 32.6 Å². The Bertz CT molecular complexity index is 575. The molecule has 0 aromatic rings. The minimum Gasteiger partial charge on any atom is -0.465 e. The quantitative estimate of drug-likeness (QED) is 0.730. The number of esters is 1. The third-order valence-electron chi connectivity index (χ3n) is 9.55. The van der Waals surface area contributed by atoms with Crippen LogP contribution < -0.4 is 0 Å². The first kappa shape index (κ1) is 19.7. The maximum absolute atomic E-state index is 11.6. The van der Waals surface area contributed by atoms with Gasteiger partial charge in [0.15, 0.2) is 0 Å². The molecule has 0 heterocycles. The summed E-state index contributed by atoms with van der Waals surface area (Å²) < 4.78 is 5.61. The SMILES string of the molecule is CC(=O)OC[C@]12CC[C@H]3[C@@H](CC[C@H]4C[C@@H](O)CC[C@@]43C)[C@@H]1CC[C@@H]2[C@@H](C)O. The second kappa shape index (κ2) is 7.02. The minimum absolute atomic E-state index is 0.0294. The number of hydrogen-bond acceptors (Lipinski definition) is 4. The number of fused-ring (bicyclic) bond motifs is 5. The van der Waals surface area contributed by atoms with Gasteiger partial charge in [0.1, 0.15) is 0 Å². The molecule has 4 saturated carbocycles. The van der Waals surface area contributed by atoms with Gasteiger partial charge in [0, 0.05) is 12.3 Å². The Kier molecular flexibility index (Phi) is 5.12. The Morgan fingerprint density at radius 2 is 1.89 bits per heavy atom. The van der Waals surface area contributed by atoms with E-state index in [9.17, 15) is 15.0 Å². The van der Waals surface area contributed by atoms with Crippen LogP contribution in [0.25, 0.3) is 0 Å². The second-order valence-corrected chi connectivity index (χ2v) is 10.6. The molecule has 0 saturated heterocycles. The molecule has 0 amide bonds. The minimum atomic E-state index is -0.334. The summed E-state index contributed by atoms with van der Waals surface area (Å²) in [5.74, 6) is 2.71. The highest BCUT2D eigenvalue weighted by Gasteiger charge is 2.62. The van der Waals surface area contributed by atoms with Gasteiger partial charge in [-0.25, -0.2) is 0 Å². The molecule has 0 unspecified atom stereocenters. The van der Waals surface area contributed by atoms with Crippen LogP contribution in [0.3, 0.4) is 0 Å². The molecule has 2 N–H and O–H groups in total. The third-order valence-corrected chi connectivity index (χ3v) is 9.55. The molecule has 9 atom stereocenters. The molecule has 0 aliphatic heterocycles. The average Bonchev–Trinajstić information content (AvgIpc) is 3.00. The summed E-state index contributed by atoms with van der Waals surface area (Å²) in [6.45, 7) is 6.42. The van der Waals surface area contributed by atoms with Crippen molar-refractivity contribution in [3.63, 3.8) is 0 Å². The molecule has 4 heteroatoms. The third kappa shape index (κ3) is 3.06. The lowest BCUT2D eigenvalue weighted by Crippen LogP contribution is -2.56. The Morgan fingerprint density at radius 1 is 1.11 bits per heavy atom. The molecule has 4 aliphatic carbocycles. The molecule has 0 radical (unpaired) electrons. The summed E-state index contributed by atoms with van der Waals surface area (Å²) in [5.41, 5.74) is 0.330. The van der Waals surface area contributed by atoms with Crippen LogP contribution in [0.15, 0.2) is 0 Å². The van der Waals surface area contributed by atoms with E-state index in [4.69, 9.17) is 4.74 Å². The predicted molar refractivity (Wildman–Crippen MR) is 104 cm³/mol. The Balaban J connectivity index is 1.62. The molecular formula is C23H38O4. The van der Waals surface area contributed by atoms with E-state index in [1.807, 2.05) is 6.92 Å². The Hall–Kier alpha value is -0.610. The van der Waals surface area contributed by atoms with Gasteiger partial charge in [-0.15, -0.1) is 0 Å². The van der Waals surface area contributed by atoms with Crippen molar-refractivity contribution in [2.75, 3.05) is 6.61 Å². The molecule has 0 aromatic heterocycles. The fourth-order valence-electron chi connectivity index (χ4n) is 8.33. The number of rotatable bonds is 3. The average molecular weight is 379 g/mol. The molecule has 4 fully saturated rings. The van der Waals surface area contributed by atoms with Crippen LogP contribution in [0.4, 0.5) is 0 Å². The van der Waals surface area contributed by atoms with E-state index < -0.39 is 0 Å². The van der Waals surface area contributed by atoms with E-state index in [0.717, 1.165) is 38.0 Å². The first-order chi connectivity index (χ1) is 12.8. The van der Waals surface area contributed by atoms with Gasteiger partial charge in [-0.1, -0.05) is 6.92 Å². The lowest BCUT2D eigenvalue weighted by atomic mass is 9.44. The van der Waals surface area contributed by atoms with Crippen molar-refractivity contribution in [3.8, 4) is 0 Å². The number of aliphatic hydroxyl groups excluding tert-OH is 2. The molecule has 0 aromatic carbocycles. The number of carbonyl (C=O) groups excluding carboxylic acids is 1. The molecule has 27 heavy (non-hydrogen) atoms. The zero-order chi connectivity index (χ0) is 19.4. The summed E-state index contributed by atoms with van der Waals surface area (Å²) in [4.78, 5) is 11.6. The van der Waals surface area contributed by atoms with Crippen LogP contribution in [-0.2, 0) is 9.53 Å². The van der Waals surface area contributed by atoms with Gasteiger partial charge in [-0.05, 0) is 99.7 Å². The smallest absolute Gasteiger partial charge is 0.302 e. The standard InChI is InChI=1S/C23H38O4/c1-14(24)19-6-7-21-18-5-4-16-12-17(26)8-10-22(16,3)20(18)9-11-23(19,21)13-27-15(2)25/h14,16-21,24,26H,4-13H2,1-3H3/t14-,16+,17+,18-,19-,20+,21+,22+,23+/m1/s1. The molecular weight excluding hydrogens is 340 g/mol. The van der Waals surface area contributed by atoms with E-state index in [1.54, 1.807) is 0 Å². The van der Waals surface area contributed by atoms with Crippen molar-refractivity contribution in [2.24, 2.45) is 40.4 Å². The van der Waals surface area contributed by atoms with Crippen molar-refractivity contribution in [2.45, 2.75) is 90.8 Å². The topological polar surface area (TPSA) is 66.8 Å². The van der Waals surface area contributed by atoms with E-state index in [0.29, 0.717) is 29.8 Å². The molecule has 4 aliphatic rings.